The second kappa shape index (κ2) is 16.6. The van der Waals surface area contributed by atoms with E-state index in [-0.39, 0.29) is 34.8 Å². The molecule has 0 unspecified atom stereocenters. The molecule has 4 fully saturated rings. The molecular weight excluding hydrogens is 600 g/mol. The molecule has 4 saturated heterocycles. The molecule has 13 heteroatoms. The zero-order valence-corrected chi connectivity index (χ0v) is 26.7. The average molecular weight is 645 g/mol. The number of piperidine rings is 2. The number of nitro groups is 1. The lowest BCUT2D eigenvalue weighted by Gasteiger charge is -2.30. The van der Waals surface area contributed by atoms with Crippen LogP contribution in [0.25, 0.3) is 0 Å². The number of halogens is 1. The van der Waals surface area contributed by atoms with Crippen LogP contribution in [-0.2, 0) is 9.47 Å². The number of anilines is 3. The van der Waals surface area contributed by atoms with Crippen molar-refractivity contribution in [1.82, 2.24) is 9.80 Å². The fourth-order valence-electron chi connectivity index (χ4n) is 6.21. The van der Waals surface area contributed by atoms with Gasteiger partial charge in [0.25, 0.3) is 17.5 Å². The Morgan fingerprint density at radius 2 is 1.07 bits per heavy atom. The highest BCUT2D eigenvalue weighted by Gasteiger charge is 2.26. The summed E-state index contributed by atoms with van der Waals surface area (Å²) in [5, 5.41) is 11.4. The number of rotatable bonds is 5. The first-order valence-electron chi connectivity index (χ1n) is 15.8. The highest BCUT2D eigenvalue weighted by Crippen LogP contribution is 2.32. The first-order valence-corrected chi connectivity index (χ1v) is 15.8. The van der Waals surface area contributed by atoms with Crippen LogP contribution >= 0.6 is 12.4 Å². The maximum Gasteiger partial charge on any atom is 0.293 e. The van der Waals surface area contributed by atoms with E-state index in [2.05, 4.69) is 4.90 Å². The quantitative estimate of drug-likeness (QED) is 0.288. The van der Waals surface area contributed by atoms with Crippen LogP contribution in [0, 0.1) is 10.1 Å². The molecule has 4 aliphatic rings. The molecule has 0 bridgehead atoms. The first-order chi connectivity index (χ1) is 21.4. The third-order valence-electron chi connectivity index (χ3n) is 8.68. The Balaban J connectivity index is 0.000000201. The van der Waals surface area contributed by atoms with E-state index in [4.69, 9.17) is 15.2 Å². The molecule has 0 spiro atoms. The Morgan fingerprint density at radius 3 is 1.51 bits per heavy atom. The van der Waals surface area contributed by atoms with Crippen molar-refractivity contribution in [3.8, 4) is 0 Å². The van der Waals surface area contributed by atoms with Gasteiger partial charge in [-0.25, -0.2) is 0 Å². The summed E-state index contributed by atoms with van der Waals surface area (Å²) in [6.07, 6.45) is 6.99. The summed E-state index contributed by atoms with van der Waals surface area (Å²) >= 11 is 0. The summed E-state index contributed by atoms with van der Waals surface area (Å²) in [7, 11) is 0. The van der Waals surface area contributed by atoms with Crippen molar-refractivity contribution < 1.29 is 24.0 Å². The number of amides is 2. The maximum atomic E-state index is 12.5. The Hall–Kier alpha value is -3.61. The third-order valence-corrected chi connectivity index (χ3v) is 8.68. The SMILES string of the molecule is Cl.Nc1cc(C(=O)N2CCOCC2)ccc1N1CCCCC1.O=C(c1ccc(N2CCCCC2)c([N+](=O)[O-])c1)N1CCOCC1. The van der Waals surface area contributed by atoms with Gasteiger partial charge in [0, 0.05) is 69.6 Å². The summed E-state index contributed by atoms with van der Waals surface area (Å²) < 4.78 is 10.5. The van der Waals surface area contributed by atoms with E-state index in [1.165, 1.54) is 25.3 Å². The summed E-state index contributed by atoms with van der Waals surface area (Å²) in [6, 6.07) is 10.6. The normalized spacial score (nSPS) is 18.8. The van der Waals surface area contributed by atoms with Crippen molar-refractivity contribution in [2.75, 3.05) is 94.3 Å². The van der Waals surface area contributed by atoms with Crippen LogP contribution in [0.4, 0.5) is 22.7 Å². The summed E-state index contributed by atoms with van der Waals surface area (Å²) in [5.74, 6) is -0.114. The number of benzene rings is 2. The van der Waals surface area contributed by atoms with Crippen LogP contribution in [-0.4, -0.2) is 105 Å². The monoisotopic (exact) mass is 644 g/mol. The maximum absolute atomic E-state index is 12.5. The molecule has 2 N–H and O–H groups in total. The summed E-state index contributed by atoms with van der Waals surface area (Å²) in [4.78, 5) is 43.9. The number of carbonyl (C=O) groups is 2. The van der Waals surface area contributed by atoms with Crippen molar-refractivity contribution in [1.29, 1.82) is 0 Å². The van der Waals surface area contributed by atoms with E-state index in [0.717, 1.165) is 51.1 Å². The van der Waals surface area contributed by atoms with Gasteiger partial charge >= 0.3 is 0 Å². The fourth-order valence-corrected chi connectivity index (χ4v) is 6.21. The fraction of sp³-hybridized carbons (Fsp3) is 0.562. The Labute approximate surface area is 271 Å². The van der Waals surface area contributed by atoms with Crippen molar-refractivity contribution in [2.45, 2.75) is 38.5 Å². The number of nitrogen functional groups attached to an aromatic ring is 1. The molecule has 4 heterocycles. The van der Waals surface area contributed by atoms with Crippen LogP contribution < -0.4 is 15.5 Å². The van der Waals surface area contributed by atoms with Gasteiger partial charge < -0.3 is 34.8 Å². The van der Waals surface area contributed by atoms with Gasteiger partial charge in [0.05, 0.1) is 42.7 Å². The summed E-state index contributed by atoms with van der Waals surface area (Å²) in [6.45, 7) is 8.41. The van der Waals surface area contributed by atoms with Gasteiger partial charge in [0.1, 0.15) is 5.69 Å². The molecule has 0 aliphatic carbocycles. The van der Waals surface area contributed by atoms with Gasteiger partial charge in [0.15, 0.2) is 0 Å². The number of nitrogens with two attached hydrogens (primary N) is 1. The Morgan fingerprint density at radius 1 is 0.644 bits per heavy atom. The van der Waals surface area contributed by atoms with Gasteiger partial charge in [0.2, 0.25) is 0 Å². The zero-order chi connectivity index (χ0) is 30.9. The number of morpholine rings is 2. The van der Waals surface area contributed by atoms with E-state index in [1.807, 2.05) is 28.0 Å². The molecular formula is C32H45ClN6O6. The Bertz CT molecular complexity index is 1310. The first kappa shape index (κ1) is 34.3. The van der Waals surface area contributed by atoms with Crippen molar-refractivity contribution >= 4 is 47.0 Å². The molecule has 2 amide bonds. The minimum atomic E-state index is -0.389. The predicted octanol–water partition coefficient (Wildman–Crippen LogP) is 4.21. The molecule has 2 aromatic carbocycles. The molecule has 0 saturated carbocycles. The third kappa shape index (κ3) is 8.77. The van der Waals surface area contributed by atoms with E-state index in [9.17, 15) is 19.7 Å². The molecule has 0 radical (unpaired) electrons. The van der Waals surface area contributed by atoms with E-state index < -0.39 is 0 Å². The van der Waals surface area contributed by atoms with Crippen LogP contribution in [0.5, 0.6) is 0 Å². The number of ether oxygens (including phenoxy) is 2. The molecule has 0 atom stereocenters. The number of hydrogen-bond donors (Lipinski definition) is 1. The van der Waals surface area contributed by atoms with Gasteiger partial charge in [-0.3, -0.25) is 19.7 Å². The highest BCUT2D eigenvalue weighted by atomic mass is 35.5. The van der Waals surface area contributed by atoms with Crippen molar-refractivity contribution in [2.24, 2.45) is 0 Å². The molecule has 246 valence electrons. The summed E-state index contributed by atoms with van der Waals surface area (Å²) in [5.41, 5.74) is 9.64. The second-order valence-electron chi connectivity index (χ2n) is 11.6. The van der Waals surface area contributed by atoms with E-state index >= 15 is 0 Å². The van der Waals surface area contributed by atoms with Crippen molar-refractivity contribution in [3.63, 3.8) is 0 Å². The number of carbonyl (C=O) groups excluding carboxylic acids is 2. The minimum absolute atomic E-state index is 0. The molecule has 12 nitrogen and oxygen atoms in total. The van der Waals surface area contributed by atoms with Crippen molar-refractivity contribution in [3.05, 3.63) is 57.6 Å². The number of hydrogen-bond acceptors (Lipinski definition) is 9. The zero-order valence-electron chi connectivity index (χ0n) is 25.9. The second-order valence-corrected chi connectivity index (χ2v) is 11.6. The van der Waals surface area contributed by atoms with Gasteiger partial charge in [-0.2, -0.15) is 0 Å². The molecule has 45 heavy (non-hydrogen) atoms. The van der Waals surface area contributed by atoms with E-state index in [1.54, 1.807) is 17.0 Å². The lowest BCUT2D eigenvalue weighted by molar-refractivity contribution is -0.384. The standard InChI is InChI=1S/C16H21N3O4.C16H23N3O2.ClH/c20-16(18-8-10-23-11-9-18)13-4-5-14(15(12-13)19(21)22)17-6-2-1-3-7-17;17-14-12-13(16(20)19-8-10-21-11-9-19)4-5-15(14)18-6-2-1-3-7-18;/h4-5,12H,1-3,6-11H2;4-5,12H,1-3,6-11,17H2;1H. The number of nitrogens with zero attached hydrogens (tertiary/aromatic N) is 5. The van der Waals surface area contributed by atoms with Crippen LogP contribution in [0.15, 0.2) is 36.4 Å². The Kier molecular flexibility index (Phi) is 12.7. The molecule has 6 rings (SSSR count). The minimum Gasteiger partial charge on any atom is -0.397 e. The van der Waals surface area contributed by atoms with Gasteiger partial charge in [-0.1, -0.05) is 0 Å². The lowest BCUT2D eigenvalue weighted by Crippen LogP contribution is -2.40. The highest BCUT2D eigenvalue weighted by molar-refractivity contribution is 5.97. The molecule has 4 aliphatic heterocycles. The smallest absolute Gasteiger partial charge is 0.293 e. The van der Waals surface area contributed by atoms with Crippen LogP contribution in [0.1, 0.15) is 59.2 Å². The van der Waals surface area contributed by atoms with Crippen LogP contribution in [0.2, 0.25) is 0 Å². The molecule has 0 aromatic heterocycles. The van der Waals surface area contributed by atoms with E-state index in [0.29, 0.717) is 75.1 Å². The number of nitro benzene ring substituents is 1. The lowest BCUT2D eigenvalue weighted by atomic mass is 10.1. The average Bonchev–Trinajstić information content (AvgIpc) is 3.09. The topological polar surface area (TPSA) is 135 Å². The van der Waals surface area contributed by atoms with Gasteiger partial charge in [-0.15, -0.1) is 12.4 Å². The van der Waals surface area contributed by atoms with Crippen LogP contribution in [0.3, 0.4) is 0 Å². The largest absolute Gasteiger partial charge is 0.397 e. The molecule has 2 aromatic rings. The van der Waals surface area contributed by atoms with Gasteiger partial charge in [-0.05, 0) is 68.9 Å². The predicted molar refractivity (Wildman–Crippen MR) is 177 cm³/mol.